The fourth-order valence-corrected chi connectivity index (χ4v) is 1.44. The summed E-state index contributed by atoms with van der Waals surface area (Å²) in [6.07, 6.45) is 2.16. The molecule has 0 fully saturated rings. The summed E-state index contributed by atoms with van der Waals surface area (Å²) in [6, 6.07) is 4.66. The van der Waals surface area contributed by atoms with Crippen LogP contribution in [-0.4, -0.2) is 12.1 Å². The highest BCUT2D eigenvalue weighted by molar-refractivity contribution is 5.30. The summed E-state index contributed by atoms with van der Waals surface area (Å²) < 4.78 is 18.8. The quantitative estimate of drug-likeness (QED) is 0.779. The zero-order valence-electron chi connectivity index (χ0n) is 9.74. The maximum Gasteiger partial charge on any atom is 0.127 e. The van der Waals surface area contributed by atoms with Crippen LogP contribution in [0.5, 0.6) is 5.75 Å². The Balaban J connectivity index is 2.85. The lowest BCUT2D eigenvalue weighted by atomic mass is 10.1. The fourth-order valence-electron chi connectivity index (χ4n) is 1.44. The highest BCUT2D eigenvalue weighted by Crippen LogP contribution is 2.18. The van der Waals surface area contributed by atoms with E-state index in [2.05, 4.69) is 6.58 Å². The smallest absolute Gasteiger partial charge is 0.127 e. The van der Waals surface area contributed by atoms with E-state index in [0.717, 1.165) is 5.56 Å². The molecule has 0 bridgehead atoms. The molecule has 88 valence electrons. The third kappa shape index (κ3) is 4.03. The summed E-state index contributed by atoms with van der Waals surface area (Å²) >= 11 is 0. The van der Waals surface area contributed by atoms with E-state index in [-0.39, 0.29) is 18.0 Å². The normalized spacial score (nSPS) is 14.2. The topological polar surface area (TPSA) is 35.2 Å². The number of hydrogen-bond donors (Lipinski definition) is 1. The highest BCUT2D eigenvalue weighted by Gasteiger charge is 2.05. The third-order valence-electron chi connectivity index (χ3n) is 2.14. The van der Waals surface area contributed by atoms with E-state index in [9.17, 15) is 4.39 Å². The van der Waals surface area contributed by atoms with Gasteiger partial charge in [-0.25, -0.2) is 4.39 Å². The van der Waals surface area contributed by atoms with E-state index in [1.54, 1.807) is 6.08 Å². The van der Waals surface area contributed by atoms with Gasteiger partial charge in [-0.1, -0.05) is 12.7 Å². The zero-order valence-corrected chi connectivity index (χ0v) is 9.74. The van der Waals surface area contributed by atoms with Gasteiger partial charge < -0.3 is 10.5 Å². The minimum atomic E-state index is -0.301. The average Bonchev–Trinajstić information content (AvgIpc) is 2.15. The van der Waals surface area contributed by atoms with Crippen molar-refractivity contribution in [1.82, 2.24) is 0 Å². The Hall–Kier alpha value is -1.35. The molecule has 2 atom stereocenters. The van der Waals surface area contributed by atoms with Crippen molar-refractivity contribution in [2.75, 3.05) is 0 Å². The number of ether oxygens (including phenoxy) is 1. The largest absolute Gasteiger partial charge is 0.487 e. The van der Waals surface area contributed by atoms with Crippen LogP contribution < -0.4 is 10.5 Å². The zero-order chi connectivity index (χ0) is 12.1. The van der Waals surface area contributed by atoms with Gasteiger partial charge in [0.25, 0.3) is 0 Å². The van der Waals surface area contributed by atoms with Crippen molar-refractivity contribution in [2.24, 2.45) is 5.73 Å². The van der Waals surface area contributed by atoms with Crippen molar-refractivity contribution in [3.63, 3.8) is 0 Å². The predicted molar refractivity (Wildman–Crippen MR) is 64.0 cm³/mol. The molecular formula is C13H18FNO. The molecule has 0 aliphatic rings. The summed E-state index contributed by atoms with van der Waals surface area (Å²) in [5, 5.41) is 0. The number of hydrogen-bond acceptors (Lipinski definition) is 2. The van der Waals surface area contributed by atoms with Crippen LogP contribution in [0.1, 0.15) is 19.4 Å². The Labute approximate surface area is 95.9 Å². The minimum Gasteiger partial charge on any atom is -0.487 e. The van der Waals surface area contributed by atoms with Gasteiger partial charge in [-0.05, 0) is 38.0 Å². The van der Waals surface area contributed by atoms with Crippen molar-refractivity contribution in [3.05, 3.63) is 42.2 Å². The Bertz CT molecular complexity index is 363. The third-order valence-corrected chi connectivity index (χ3v) is 2.14. The van der Waals surface area contributed by atoms with Gasteiger partial charge in [0.2, 0.25) is 0 Å². The van der Waals surface area contributed by atoms with Gasteiger partial charge in [0, 0.05) is 12.1 Å². The van der Waals surface area contributed by atoms with Crippen molar-refractivity contribution >= 4 is 0 Å². The summed E-state index contributed by atoms with van der Waals surface area (Å²) in [7, 11) is 0. The first-order valence-electron chi connectivity index (χ1n) is 5.35. The van der Waals surface area contributed by atoms with Crippen molar-refractivity contribution in [1.29, 1.82) is 0 Å². The Kier molecular flexibility index (Phi) is 4.50. The van der Waals surface area contributed by atoms with Gasteiger partial charge in [0.15, 0.2) is 0 Å². The number of nitrogens with two attached hydrogens (primary N) is 1. The predicted octanol–water partition coefficient (Wildman–Crippen LogP) is 2.67. The molecule has 2 unspecified atom stereocenters. The average molecular weight is 223 g/mol. The molecule has 16 heavy (non-hydrogen) atoms. The second-order valence-electron chi connectivity index (χ2n) is 4.04. The molecule has 0 aliphatic carbocycles. The molecule has 0 amide bonds. The highest BCUT2D eigenvalue weighted by atomic mass is 19.1. The molecule has 0 heterocycles. The molecule has 0 radical (unpaired) electrons. The minimum absolute atomic E-state index is 0.00600. The number of halogens is 1. The van der Waals surface area contributed by atoms with Crippen LogP contribution in [0.25, 0.3) is 0 Å². The van der Waals surface area contributed by atoms with E-state index in [0.29, 0.717) is 12.2 Å². The second kappa shape index (κ2) is 5.66. The van der Waals surface area contributed by atoms with E-state index in [4.69, 9.17) is 10.5 Å². The van der Waals surface area contributed by atoms with E-state index < -0.39 is 0 Å². The molecular weight excluding hydrogens is 205 g/mol. The van der Waals surface area contributed by atoms with Crippen LogP contribution in [0.2, 0.25) is 0 Å². The molecule has 0 spiro atoms. The number of benzene rings is 1. The molecule has 0 aromatic heterocycles. The molecule has 3 heteroatoms. The first kappa shape index (κ1) is 12.7. The lowest BCUT2D eigenvalue weighted by Gasteiger charge is -2.12. The molecule has 1 rings (SSSR count). The maximum absolute atomic E-state index is 13.3. The lowest BCUT2D eigenvalue weighted by molar-refractivity contribution is 0.268. The van der Waals surface area contributed by atoms with Gasteiger partial charge in [0.05, 0.1) is 0 Å². The Morgan fingerprint density at radius 3 is 2.69 bits per heavy atom. The van der Waals surface area contributed by atoms with Gasteiger partial charge in [0.1, 0.15) is 17.7 Å². The van der Waals surface area contributed by atoms with Crippen molar-refractivity contribution in [3.8, 4) is 5.75 Å². The first-order valence-corrected chi connectivity index (χ1v) is 5.35. The monoisotopic (exact) mass is 223 g/mol. The van der Waals surface area contributed by atoms with Crippen LogP contribution in [0, 0.1) is 5.82 Å². The SMILES string of the molecule is C=CC(C)Oc1cc(F)cc(CC(C)N)c1. The molecule has 0 aliphatic heterocycles. The van der Waals surface area contributed by atoms with Crippen molar-refractivity contribution in [2.45, 2.75) is 32.4 Å². The molecule has 1 aromatic rings. The second-order valence-corrected chi connectivity index (χ2v) is 4.04. The van der Waals surface area contributed by atoms with E-state index in [1.165, 1.54) is 12.1 Å². The molecule has 1 aromatic carbocycles. The van der Waals surface area contributed by atoms with Crippen LogP contribution in [0.3, 0.4) is 0 Å². The summed E-state index contributed by atoms with van der Waals surface area (Å²) in [5.41, 5.74) is 6.52. The lowest BCUT2D eigenvalue weighted by Crippen LogP contribution is -2.18. The summed E-state index contributed by atoms with van der Waals surface area (Å²) in [5.74, 6) is 0.215. The van der Waals surface area contributed by atoms with Crippen LogP contribution in [-0.2, 0) is 6.42 Å². The van der Waals surface area contributed by atoms with E-state index in [1.807, 2.05) is 19.9 Å². The van der Waals surface area contributed by atoms with Gasteiger partial charge in [-0.2, -0.15) is 0 Å². The molecule has 0 saturated heterocycles. The van der Waals surface area contributed by atoms with Crippen molar-refractivity contribution < 1.29 is 9.13 Å². The van der Waals surface area contributed by atoms with Crippen LogP contribution >= 0.6 is 0 Å². The standard InChI is InChI=1S/C13H18FNO/c1-4-10(3)16-13-7-11(5-9(2)15)6-12(14)8-13/h4,6-10H,1,5,15H2,2-3H3. The van der Waals surface area contributed by atoms with Gasteiger partial charge >= 0.3 is 0 Å². The van der Waals surface area contributed by atoms with Crippen LogP contribution in [0.4, 0.5) is 4.39 Å². The van der Waals surface area contributed by atoms with Gasteiger partial charge in [-0.3, -0.25) is 0 Å². The van der Waals surface area contributed by atoms with E-state index >= 15 is 0 Å². The fraction of sp³-hybridized carbons (Fsp3) is 0.385. The Morgan fingerprint density at radius 1 is 1.44 bits per heavy atom. The van der Waals surface area contributed by atoms with Crippen LogP contribution in [0.15, 0.2) is 30.9 Å². The molecule has 0 saturated carbocycles. The Morgan fingerprint density at radius 2 is 2.12 bits per heavy atom. The molecule has 2 nitrogen and oxygen atoms in total. The first-order chi connectivity index (χ1) is 7.51. The summed E-state index contributed by atoms with van der Waals surface area (Å²) in [6.45, 7) is 7.35. The molecule has 2 N–H and O–H groups in total. The van der Waals surface area contributed by atoms with Gasteiger partial charge in [-0.15, -0.1) is 0 Å². The summed E-state index contributed by atoms with van der Waals surface area (Å²) in [4.78, 5) is 0. The number of rotatable bonds is 5. The maximum atomic E-state index is 13.3.